The number of carbonyl (C=O) groups is 1. The van der Waals surface area contributed by atoms with Gasteiger partial charge in [-0.15, -0.1) is 0 Å². The van der Waals surface area contributed by atoms with Gasteiger partial charge in [0.25, 0.3) is 5.91 Å². The summed E-state index contributed by atoms with van der Waals surface area (Å²) in [7, 11) is 0. The van der Waals surface area contributed by atoms with Gasteiger partial charge in [-0.2, -0.15) is 0 Å². The highest BCUT2D eigenvalue weighted by atomic mass is 16.5. The summed E-state index contributed by atoms with van der Waals surface area (Å²) in [6, 6.07) is 10.7. The molecule has 0 bridgehead atoms. The highest BCUT2D eigenvalue weighted by molar-refractivity contribution is 5.81. The van der Waals surface area contributed by atoms with E-state index in [0.29, 0.717) is 25.1 Å². The van der Waals surface area contributed by atoms with Crippen molar-refractivity contribution in [3.05, 3.63) is 35.9 Å². The van der Waals surface area contributed by atoms with Gasteiger partial charge in [0.15, 0.2) is 0 Å². The van der Waals surface area contributed by atoms with E-state index in [1.165, 1.54) is 24.8 Å². The summed E-state index contributed by atoms with van der Waals surface area (Å²) in [6.07, 6.45) is 4.50. The zero-order valence-electron chi connectivity index (χ0n) is 14.0. The molecule has 1 saturated carbocycles. The molecule has 0 spiro atoms. The molecule has 128 valence electrons. The van der Waals surface area contributed by atoms with Crippen molar-refractivity contribution >= 4 is 5.91 Å². The summed E-state index contributed by atoms with van der Waals surface area (Å²) in [5, 5.41) is 3.23. The summed E-state index contributed by atoms with van der Waals surface area (Å²) in [6.45, 7) is 5.33. The molecule has 2 aliphatic rings. The number of hydrogen-bond acceptors (Lipinski definition) is 3. The molecule has 1 aliphatic heterocycles. The third-order valence-corrected chi connectivity index (χ3v) is 5.13. The molecule has 2 fully saturated rings. The maximum atomic E-state index is 12.5. The zero-order valence-corrected chi connectivity index (χ0v) is 14.0. The number of nitrogens with one attached hydrogen (secondary N) is 1. The number of morpholine rings is 1. The van der Waals surface area contributed by atoms with Crippen LogP contribution in [0.5, 0.6) is 0 Å². The average Bonchev–Trinajstić information content (AvgIpc) is 2.58. The van der Waals surface area contributed by atoms with Crippen LogP contribution in [0, 0.1) is 5.92 Å². The second kappa shape index (κ2) is 7.93. The van der Waals surface area contributed by atoms with Crippen LogP contribution in [-0.4, -0.2) is 42.6 Å². The minimum Gasteiger partial charge on any atom is -0.366 e. The van der Waals surface area contributed by atoms with Crippen LogP contribution in [0.1, 0.15) is 39.6 Å². The van der Waals surface area contributed by atoms with Crippen molar-refractivity contribution in [2.24, 2.45) is 5.92 Å². The van der Waals surface area contributed by atoms with E-state index in [4.69, 9.17) is 4.74 Å². The lowest BCUT2D eigenvalue weighted by Crippen LogP contribution is -2.52. The largest absolute Gasteiger partial charge is 0.366 e. The molecule has 0 radical (unpaired) electrons. The molecule has 3 atom stereocenters. The number of amides is 1. The quantitative estimate of drug-likeness (QED) is 0.928. The van der Waals surface area contributed by atoms with Gasteiger partial charge in [-0.1, -0.05) is 50.1 Å². The average molecular weight is 318 g/mol. The third kappa shape index (κ3) is 4.55. The van der Waals surface area contributed by atoms with Crippen LogP contribution in [0.4, 0.5) is 0 Å². The maximum absolute atomic E-state index is 12.5. The first-order valence-electron chi connectivity index (χ1n) is 8.90. The molecule has 1 aromatic rings. The predicted octanol–water partition coefficient (Wildman–Crippen LogP) is 2.83. The van der Waals surface area contributed by atoms with Crippen LogP contribution in [0.2, 0.25) is 0 Å². The summed E-state index contributed by atoms with van der Waals surface area (Å²) < 4.78 is 5.73. The van der Waals surface area contributed by atoms with E-state index in [0.717, 1.165) is 19.5 Å². The number of carbonyl (C=O) groups excluding carboxylic acids is 1. The first-order valence-corrected chi connectivity index (χ1v) is 8.90. The van der Waals surface area contributed by atoms with Gasteiger partial charge in [0.2, 0.25) is 0 Å². The molecular weight excluding hydrogens is 288 g/mol. The van der Waals surface area contributed by atoms with Crippen molar-refractivity contribution in [2.45, 2.75) is 51.3 Å². The minimum atomic E-state index is -0.332. The number of nitrogens with zero attached hydrogens (tertiary/aromatic N) is 1. The van der Waals surface area contributed by atoms with E-state index >= 15 is 0 Å². The monoisotopic (exact) mass is 318 g/mol. The number of benzene rings is 1. The van der Waals surface area contributed by atoms with Crippen LogP contribution in [0.3, 0.4) is 0 Å². The van der Waals surface area contributed by atoms with Crippen LogP contribution in [0.25, 0.3) is 0 Å². The Hall–Kier alpha value is -1.39. The van der Waals surface area contributed by atoms with Crippen LogP contribution < -0.4 is 5.32 Å². The van der Waals surface area contributed by atoms with E-state index in [2.05, 4.69) is 41.4 Å². The van der Waals surface area contributed by atoms with E-state index in [1.807, 2.05) is 6.07 Å². The Balaban J connectivity index is 0.00000208. The van der Waals surface area contributed by atoms with Crippen LogP contribution >= 0.6 is 0 Å². The first-order chi connectivity index (χ1) is 11.2. The smallest absolute Gasteiger partial charge is 0.250 e. The number of hydrogen-bond donors (Lipinski definition) is 1. The summed E-state index contributed by atoms with van der Waals surface area (Å²) >= 11 is 0. The van der Waals surface area contributed by atoms with Gasteiger partial charge in [0.05, 0.1) is 6.61 Å². The Kier molecular flexibility index (Phi) is 5.68. The van der Waals surface area contributed by atoms with Gasteiger partial charge < -0.3 is 10.1 Å². The third-order valence-electron chi connectivity index (χ3n) is 5.13. The van der Waals surface area contributed by atoms with E-state index < -0.39 is 0 Å². The van der Waals surface area contributed by atoms with Crippen LogP contribution in [0.15, 0.2) is 30.3 Å². The van der Waals surface area contributed by atoms with Gasteiger partial charge >= 0.3 is 0 Å². The summed E-state index contributed by atoms with van der Waals surface area (Å²) in [5.74, 6) is 0.651. The highest BCUT2D eigenvalue weighted by Gasteiger charge is 2.30. The minimum absolute atomic E-state index is 0. The second-order valence-corrected chi connectivity index (χ2v) is 6.96. The molecular formula is C19H30N2O2. The van der Waals surface area contributed by atoms with Crippen molar-refractivity contribution in [3.63, 3.8) is 0 Å². The molecule has 1 saturated heterocycles. The normalized spacial score (nSPS) is 29.2. The Morgan fingerprint density at radius 1 is 1.30 bits per heavy atom. The van der Waals surface area contributed by atoms with Gasteiger partial charge in [-0.05, 0) is 24.3 Å². The zero-order chi connectivity index (χ0) is 16.1. The molecule has 4 nitrogen and oxygen atoms in total. The molecule has 1 aliphatic carbocycles. The molecule has 3 unspecified atom stereocenters. The number of ether oxygens (including phenoxy) is 1. The fourth-order valence-electron chi connectivity index (χ4n) is 3.65. The van der Waals surface area contributed by atoms with Gasteiger partial charge in [-0.25, -0.2) is 0 Å². The van der Waals surface area contributed by atoms with Crippen molar-refractivity contribution in [2.75, 3.05) is 19.7 Å². The second-order valence-electron chi connectivity index (χ2n) is 6.96. The molecule has 4 heteroatoms. The fraction of sp³-hybridized carbons (Fsp3) is 0.632. The summed E-state index contributed by atoms with van der Waals surface area (Å²) in [4.78, 5) is 14.9. The predicted molar refractivity (Wildman–Crippen MR) is 93.1 cm³/mol. The molecule has 1 heterocycles. The summed E-state index contributed by atoms with van der Waals surface area (Å²) in [5.41, 5.74) is 1.29. The van der Waals surface area contributed by atoms with Gasteiger partial charge in [0, 0.05) is 27.1 Å². The van der Waals surface area contributed by atoms with Crippen LogP contribution in [-0.2, 0) is 16.1 Å². The van der Waals surface area contributed by atoms with E-state index in [1.54, 1.807) is 0 Å². The molecule has 23 heavy (non-hydrogen) atoms. The SMILES string of the molecule is CC1CCCCC1NC(=O)C1CN(Cc2ccccc2)CCO1.[HH]. The van der Waals surface area contributed by atoms with Gasteiger partial charge in [-0.3, -0.25) is 9.69 Å². The Labute approximate surface area is 140 Å². The standard InChI is InChI=1S/C19H28N2O2.H2/c1-15-7-5-6-10-17(15)20-19(22)18-14-21(11-12-23-18)13-16-8-3-2-4-9-16;/h2-4,8-9,15,17-18H,5-7,10-14H2,1H3,(H,20,22);1H. The topological polar surface area (TPSA) is 41.6 Å². The molecule has 1 amide bonds. The van der Waals surface area contributed by atoms with E-state index in [-0.39, 0.29) is 13.4 Å². The lowest BCUT2D eigenvalue weighted by atomic mass is 9.86. The fourth-order valence-corrected chi connectivity index (χ4v) is 3.65. The molecule has 1 N–H and O–H groups in total. The molecule has 1 aromatic carbocycles. The Morgan fingerprint density at radius 2 is 2.09 bits per heavy atom. The lowest BCUT2D eigenvalue weighted by Gasteiger charge is -2.35. The van der Waals surface area contributed by atoms with Crippen molar-refractivity contribution in [3.8, 4) is 0 Å². The molecule has 3 rings (SSSR count). The highest BCUT2D eigenvalue weighted by Crippen LogP contribution is 2.24. The maximum Gasteiger partial charge on any atom is 0.250 e. The van der Waals surface area contributed by atoms with E-state index in [9.17, 15) is 4.79 Å². The lowest BCUT2D eigenvalue weighted by molar-refractivity contribution is -0.140. The Morgan fingerprint density at radius 3 is 2.87 bits per heavy atom. The van der Waals surface area contributed by atoms with Gasteiger partial charge in [0.1, 0.15) is 6.10 Å². The van der Waals surface area contributed by atoms with Crippen molar-refractivity contribution in [1.82, 2.24) is 10.2 Å². The van der Waals surface area contributed by atoms with Crippen molar-refractivity contribution in [1.29, 1.82) is 0 Å². The Bertz CT molecular complexity index is 511. The number of rotatable bonds is 4. The molecule has 0 aromatic heterocycles. The van der Waals surface area contributed by atoms with Crippen molar-refractivity contribution < 1.29 is 11.0 Å². The first kappa shape index (κ1) is 16.5.